The molecule has 0 aromatic carbocycles. The minimum absolute atomic E-state index is 0.809. The highest BCUT2D eigenvalue weighted by molar-refractivity contribution is 5.46. The van der Waals surface area contributed by atoms with Crippen LogP contribution in [0.4, 0.5) is 11.6 Å². The van der Waals surface area contributed by atoms with Gasteiger partial charge in [0.05, 0.1) is 0 Å². The Labute approximate surface area is 140 Å². The van der Waals surface area contributed by atoms with Gasteiger partial charge in [-0.2, -0.15) is 5.10 Å². The fourth-order valence-corrected chi connectivity index (χ4v) is 2.90. The first kappa shape index (κ1) is 14.6. The lowest BCUT2D eigenvalue weighted by atomic mass is 10.3. The predicted molar refractivity (Wildman–Crippen MR) is 92.6 cm³/mol. The third-order valence-corrected chi connectivity index (χ3v) is 4.15. The summed E-state index contributed by atoms with van der Waals surface area (Å²) in [7, 11) is 0. The molecule has 0 radical (unpaired) electrons. The van der Waals surface area contributed by atoms with Crippen LogP contribution in [0.15, 0.2) is 48.9 Å². The summed E-state index contributed by atoms with van der Waals surface area (Å²) in [6.45, 7) is 5.59. The average molecular weight is 321 g/mol. The van der Waals surface area contributed by atoms with Crippen LogP contribution in [-0.4, -0.2) is 50.9 Å². The molecule has 122 valence electrons. The van der Waals surface area contributed by atoms with Gasteiger partial charge in [-0.15, -0.1) is 0 Å². The van der Waals surface area contributed by atoms with Crippen LogP contribution in [0.1, 0.15) is 5.82 Å². The number of aromatic nitrogens is 5. The molecule has 3 aromatic heterocycles. The fraction of sp³-hybridized carbons (Fsp3) is 0.294. The molecule has 0 aliphatic carbocycles. The van der Waals surface area contributed by atoms with Gasteiger partial charge in [-0.1, -0.05) is 6.07 Å². The van der Waals surface area contributed by atoms with E-state index in [1.54, 1.807) is 10.9 Å². The van der Waals surface area contributed by atoms with Gasteiger partial charge in [0.1, 0.15) is 17.5 Å². The van der Waals surface area contributed by atoms with Crippen molar-refractivity contribution in [2.24, 2.45) is 0 Å². The third kappa shape index (κ3) is 2.92. The van der Waals surface area contributed by atoms with Gasteiger partial charge in [0.15, 0.2) is 5.82 Å². The lowest BCUT2D eigenvalue weighted by Gasteiger charge is -2.36. The van der Waals surface area contributed by atoms with Crippen LogP contribution in [-0.2, 0) is 0 Å². The Morgan fingerprint density at radius 3 is 2.17 bits per heavy atom. The Balaban J connectivity index is 1.47. The molecule has 0 bridgehead atoms. The standard InChI is InChI=1S/C17H19N7/c1-14-18-8-6-16(20-14)23-12-10-22(11-13-23)15-4-2-5-17(21-15)24-9-3-7-19-24/h2-9H,10-13H2,1H3. The first-order valence-corrected chi connectivity index (χ1v) is 8.06. The highest BCUT2D eigenvalue weighted by atomic mass is 15.3. The molecule has 24 heavy (non-hydrogen) atoms. The first-order chi connectivity index (χ1) is 11.8. The van der Waals surface area contributed by atoms with Gasteiger partial charge in [-0.3, -0.25) is 0 Å². The van der Waals surface area contributed by atoms with Gasteiger partial charge in [0.25, 0.3) is 0 Å². The highest BCUT2D eigenvalue weighted by Gasteiger charge is 2.19. The van der Waals surface area contributed by atoms with E-state index < -0.39 is 0 Å². The summed E-state index contributed by atoms with van der Waals surface area (Å²) < 4.78 is 1.78. The van der Waals surface area contributed by atoms with Gasteiger partial charge in [-0.25, -0.2) is 19.6 Å². The second-order valence-corrected chi connectivity index (χ2v) is 5.74. The summed E-state index contributed by atoms with van der Waals surface area (Å²) in [4.78, 5) is 18.0. The maximum atomic E-state index is 4.73. The number of hydrogen-bond acceptors (Lipinski definition) is 6. The van der Waals surface area contributed by atoms with Gasteiger partial charge in [-0.05, 0) is 31.2 Å². The summed E-state index contributed by atoms with van der Waals surface area (Å²) in [6, 6.07) is 9.92. The normalized spacial score (nSPS) is 14.9. The summed E-state index contributed by atoms with van der Waals surface area (Å²) in [6.07, 6.45) is 5.48. The number of pyridine rings is 1. The summed E-state index contributed by atoms with van der Waals surface area (Å²) in [5, 5.41) is 4.25. The first-order valence-electron chi connectivity index (χ1n) is 8.06. The molecule has 7 nitrogen and oxygen atoms in total. The molecule has 0 unspecified atom stereocenters. The molecule has 0 N–H and O–H groups in total. The topological polar surface area (TPSA) is 63.0 Å². The SMILES string of the molecule is Cc1nccc(N2CCN(c3cccc(-n4cccn4)n3)CC2)n1. The monoisotopic (exact) mass is 321 g/mol. The van der Waals surface area contributed by atoms with E-state index in [-0.39, 0.29) is 0 Å². The van der Waals surface area contributed by atoms with Crippen molar-refractivity contribution in [1.29, 1.82) is 0 Å². The van der Waals surface area contributed by atoms with Gasteiger partial charge < -0.3 is 9.80 Å². The molecule has 1 aliphatic heterocycles. The molecule has 4 heterocycles. The van der Waals surface area contributed by atoms with Crippen molar-refractivity contribution in [2.75, 3.05) is 36.0 Å². The van der Waals surface area contributed by atoms with E-state index in [1.165, 1.54) is 0 Å². The van der Waals surface area contributed by atoms with Crippen LogP contribution in [0, 0.1) is 6.92 Å². The van der Waals surface area contributed by atoms with Crippen molar-refractivity contribution in [3.63, 3.8) is 0 Å². The highest BCUT2D eigenvalue weighted by Crippen LogP contribution is 2.18. The van der Waals surface area contributed by atoms with E-state index in [1.807, 2.05) is 43.6 Å². The van der Waals surface area contributed by atoms with Gasteiger partial charge >= 0.3 is 0 Å². The lowest BCUT2D eigenvalue weighted by molar-refractivity contribution is 0.639. The second kappa shape index (κ2) is 6.27. The maximum Gasteiger partial charge on any atom is 0.155 e. The van der Waals surface area contributed by atoms with Crippen LogP contribution in [0.5, 0.6) is 0 Å². The smallest absolute Gasteiger partial charge is 0.155 e. The maximum absolute atomic E-state index is 4.73. The zero-order chi connectivity index (χ0) is 16.4. The van der Waals surface area contributed by atoms with Crippen LogP contribution in [0.3, 0.4) is 0 Å². The fourth-order valence-electron chi connectivity index (χ4n) is 2.90. The Kier molecular flexibility index (Phi) is 3.82. The van der Waals surface area contributed by atoms with Crippen molar-refractivity contribution in [3.8, 4) is 5.82 Å². The van der Waals surface area contributed by atoms with E-state index in [9.17, 15) is 0 Å². The van der Waals surface area contributed by atoms with Crippen LogP contribution >= 0.6 is 0 Å². The predicted octanol–water partition coefficient (Wildman–Crippen LogP) is 1.69. The molecule has 1 aliphatic rings. The van der Waals surface area contributed by atoms with Crippen molar-refractivity contribution in [1.82, 2.24) is 24.7 Å². The van der Waals surface area contributed by atoms with Gasteiger partial charge in [0, 0.05) is 44.8 Å². The Bertz CT molecular complexity index is 807. The second-order valence-electron chi connectivity index (χ2n) is 5.74. The zero-order valence-electron chi connectivity index (χ0n) is 13.6. The molecular weight excluding hydrogens is 302 g/mol. The minimum Gasteiger partial charge on any atom is -0.353 e. The molecule has 7 heteroatoms. The Morgan fingerprint density at radius 1 is 0.792 bits per heavy atom. The quantitative estimate of drug-likeness (QED) is 0.731. The van der Waals surface area contributed by atoms with E-state index in [0.29, 0.717) is 0 Å². The van der Waals surface area contributed by atoms with Crippen LogP contribution < -0.4 is 9.80 Å². The minimum atomic E-state index is 0.809. The summed E-state index contributed by atoms with van der Waals surface area (Å²) in [5.41, 5.74) is 0. The number of aryl methyl sites for hydroxylation is 1. The number of nitrogens with zero attached hydrogens (tertiary/aromatic N) is 7. The summed E-state index contributed by atoms with van der Waals surface area (Å²) >= 11 is 0. The van der Waals surface area contributed by atoms with Crippen molar-refractivity contribution < 1.29 is 0 Å². The van der Waals surface area contributed by atoms with E-state index in [0.717, 1.165) is 49.5 Å². The number of hydrogen-bond donors (Lipinski definition) is 0. The summed E-state index contributed by atoms with van der Waals surface area (Å²) in [5.74, 6) is 3.64. The van der Waals surface area contributed by atoms with Crippen LogP contribution in [0.2, 0.25) is 0 Å². The third-order valence-electron chi connectivity index (χ3n) is 4.15. The van der Waals surface area contributed by atoms with Crippen molar-refractivity contribution >= 4 is 11.6 Å². The van der Waals surface area contributed by atoms with Crippen molar-refractivity contribution in [3.05, 3.63) is 54.7 Å². The van der Waals surface area contributed by atoms with E-state index in [2.05, 4.69) is 30.9 Å². The van der Waals surface area contributed by atoms with Crippen LogP contribution in [0.25, 0.3) is 5.82 Å². The molecule has 0 amide bonds. The molecule has 3 aromatic rings. The number of piperazine rings is 1. The van der Waals surface area contributed by atoms with E-state index >= 15 is 0 Å². The Hall–Kier alpha value is -2.96. The molecular formula is C17H19N7. The largest absolute Gasteiger partial charge is 0.353 e. The molecule has 1 fully saturated rings. The van der Waals surface area contributed by atoms with Gasteiger partial charge in [0.2, 0.25) is 0 Å². The Morgan fingerprint density at radius 2 is 1.50 bits per heavy atom. The number of rotatable bonds is 3. The zero-order valence-corrected chi connectivity index (χ0v) is 13.6. The molecule has 0 spiro atoms. The molecule has 0 atom stereocenters. The van der Waals surface area contributed by atoms with E-state index in [4.69, 9.17) is 4.98 Å². The molecule has 1 saturated heterocycles. The van der Waals surface area contributed by atoms with Crippen molar-refractivity contribution in [2.45, 2.75) is 6.92 Å². The molecule has 4 rings (SSSR count). The number of anilines is 2. The average Bonchev–Trinajstić information content (AvgIpc) is 3.17. The lowest BCUT2D eigenvalue weighted by Crippen LogP contribution is -2.47. The molecule has 0 saturated carbocycles.